The summed E-state index contributed by atoms with van der Waals surface area (Å²) in [5.41, 5.74) is 0.460. The van der Waals surface area contributed by atoms with Gasteiger partial charge in [-0.3, -0.25) is 4.90 Å². The van der Waals surface area contributed by atoms with E-state index in [9.17, 15) is 14.7 Å². The van der Waals surface area contributed by atoms with Crippen molar-refractivity contribution >= 4 is 17.7 Å². The number of ether oxygens (including phenoxy) is 1. The molecule has 1 aromatic carbocycles. The smallest absolute Gasteiger partial charge is 0.339 e. The number of hydrogen-bond acceptors (Lipinski definition) is 3. The van der Waals surface area contributed by atoms with Crippen molar-refractivity contribution in [2.24, 2.45) is 0 Å². The van der Waals surface area contributed by atoms with Gasteiger partial charge in [-0.1, -0.05) is 6.07 Å². The zero-order valence-electron chi connectivity index (χ0n) is 11.9. The zero-order chi connectivity index (χ0) is 15.0. The van der Waals surface area contributed by atoms with Crippen LogP contribution in [-0.4, -0.2) is 35.8 Å². The number of hydrogen-bond donors (Lipinski definition) is 2. The molecule has 0 bridgehead atoms. The second-order valence-corrected chi connectivity index (χ2v) is 5.80. The molecule has 0 radical (unpaired) electrons. The Hall–Kier alpha value is -2.24. The molecule has 0 spiro atoms. The fourth-order valence-corrected chi connectivity index (χ4v) is 2.79. The molecular formula is C15H18N2O4. The Morgan fingerprint density at radius 2 is 2.14 bits per heavy atom. The SMILES string of the molecule is CC1(NC(=O)N2CCOc3c(C(=O)O)cccc32)CCC1. The number of nitrogens with zero attached hydrogens (tertiary/aromatic N) is 1. The number of urea groups is 1. The fraction of sp³-hybridized carbons (Fsp3) is 0.467. The first-order chi connectivity index (χ1) is 10.0. The normalized spacial score (nSPS) is 19.0. The number of amides is 2. The van der Waals surface area contributed by atoms with Crippen LogP contribution in [0.25, 0.3) is 0 Å². The van der Waals surface area contributed by atoms with Crippen molar-refractivity contribution in [3.05, 3.63) is 23.8 Å². The first-order valence-electron chi connectivity index (χ1n) is 7.09. The number of fused-ring (bicyclic) bond motifs is 1. The van der Waals surface area contributed by atoms with Crippen molar-refractivity contribution in [1.82, 2.24) is 5.32 Å². The van der Waals surface area contributed by atoms with Crippen LogP contribution in [0.4, 0.5) is 10.5 Å². The molecule has 1 heterocycles. The molecule has 2 N–H and O–H groups in total. The average Bonchev–Trinajstić information content (AvgIpc) is 2.44. The minimum Gasteiger partial charge on any atom is -0.489 e. The first-order valence-corrected chi connectivity index (χ1v) is 7.09. The summed E-state index contributed by atoms with van der Waals surface area (Å²) in [6.07, 6.45) is 3.08. The summed E-state index contributed by atoms with van der Waals surface area (Å²) in [5.74, 6) is -0.787. The van der Waals surface area contributed by atoms with Crippen LogP contribution < -0.4 is 15.0 Å². The number of carbonyl (C=O) groups is 2. The maximum absolute atomic E-state index is 12.5. The van der Waals surface area contributed by atoms with Crippen molar-refractivity contribution in [1.29, 1.82) is 0 Å². The summed E-state index contributed by atoms with van der Waals surface area (Å²) in [6.45, 7) is 2.74. The van der Waals surface area contributed by atoms with E-state index in [1.165, 1.54) is 6.07 Å². The molecule has 2 amide bonds. The topological polar surface area (TPSA) is 78.9 Å². The zero-order valence-corrected chi connectivity index (χ0v) is 11.9. The maximum atomic E-state index is 12.5. The van der Waals surface area contributed by atoms with Crippen LogP contribution in [-0.2, 0) is 0 Å². The molecule has 6 nitrogen and oxygen atoms in total. The molecule has 1 aliphatic heterocycles. The van der Waals surface area contributed by atoms with Gasteiger partial charge < -0.3 is 15.2 Å². The molecule has 1 saturated carbocycles. The number of carboxylic acid groups (broad SMARTS) is 1. The second-order valence-electron chi connectivity index (χ2n) is 5.80. The third-order valence-corrected chi connectivity index (χ3v) is 4.19. The number of carboxylic acids is 1. The molecule has 0 aromatic heterocycles. The highest BCUT2D eigenvalue weighted by molar-refractivity contribution is 5.99. The van der Waals surface area contributed by atoms with E-state index < -0.39 is 5.97 Å². The van der Waals surface area contributed by atoms with Gasteiger partial charge in [0.25, 0.3) is 0 Å². The average molecular weight is 290 g/mol. The van der Waals surface area contributed by atoms with Crippen molar-refractivity contribution in [2.45, 2.75) is 31.7 Å². The molecule has 0 unspecified atom stereocenters. The van der Waals surface area contributed by atoms with Crippen molar-refractivity contribution in [2.75, 3.05) is 18.1 Å². The quantitative estimate of drug-likeness (QED) is 0.875. The molecule has 6 heteroatoms. The predicted molar refractivity (Wildman–Crippen MR) is 77.0 cm³/mol. The summed E-state index contributed by atoms with van der Waals surface area (Å²) >= 11 is 0. The number of carbonyl (C=O) groups excluding carboxylic acids is 1. The molecule has 3 rings (SSSR count). The van der Waals surface area contributed by atoms with Crippen LogP contribution in [0.1, 0.15) is 36.5 Å². The Morgan fingerprint density at radius 1 is 1.38 bits per heavy atom. The Balaban J connectivity index is 1.88. The van der Waals surface area contributed by atoms with Crippen molar-refractivity contribution < 1.29 is 19.4 Å². The van der Waals surface area contributed by atoms with Gasteiger partial charge in [-0.25, -0.2) is 9.59 Å². The minimum atomic E-state index is -1.06. The number of para-hydroxylation sites is 1. The van der Waals surface area contributed by atoms with E-state index in [1.54, 1.807) is 17.0 Å². The number of rotatable bonds is 2. The lowest BCUT2D eigenvalue weighted by molar-refractivity contribution is 0.0691. The van der Waals surface area contributed by atoms with Gasteiger partial charge in [0.05, 0.1) is 12.2 Å². The van der Waals surface area contributed by atoms with Crippen LogP contribution in [0.2, 0.25) is 0 Å². The van der Waals surface area contributed by atoms with E-state index in [2.05, 4.69) is 5.32 Å². The van der Waals surface area contributed by atoms with E-state index in [0.717, 1.165) is 19.3 Å². The Kier molecular flexibility index (Phi) is 3.23. The van der Waals surface area contributed by atoms with Gasteiger partial charge in [-0.2, -0.15) is 0 Å². The highest BCUT2D eigenvalue weighted by atomic mass is 16.5. The molecule has 112 valence electrons. The summed E-state index contributed by atoms with van der Waals surface area (Å²) in [5, 5.41) is 12.2. The largest absolute Gasteiger partial charge is 0.489 e. The Bertz CT molecular complexity index is 595. The second kappa shape index (κ2) is 4.95. The Morgan fingerprint density at radius 3 is 2.76 bits per heavy atom. The lowest BCUT2D eigenvalue weighted by Gasteiger charge is -2.41. The van der Waals surface area contributed by atoms with Gasteiger partial charge in [-0.05, 0) is 38.3 Å². The monoisotopic (exact) mass is 290 g/mol. The lowest BCUT2D eigenvalue weighted by Crippen LogP contribution is -2.56. The predicted octanol–water partition coefficient (Wildman–Crippen LogP) is 2.24. The third-order valence-electron chi connectivity index (χ3n) is 4.19. The lowest BCUT2D eigenvalue weighted by atomic mass is 9.79. The van der Waals surface area contributed by atoms with Crippen LogP contribution in [0, 0.1) is 0 Å². The standard InChI is InChI=1S/C15H18N2O4/c1-15(6-3-7-15)16-14(20)17-8-9-21-12-10(13(18)19)4-2-5-11(12)17/h2,4-5H,3,6-9H2,1H3,(H,16,20)(H,18,19). The van der Waals surface area contributed by atoms with Crippen LogP contribution in [0.5, 0.6) is 5.75 Å². The summed E-state index contributed by atoms with van der Waals surface area (Å²) in [7, 11) is 0. The van der Waals surface area contributed by atoms with Gasteiger partial charge in [0.15, 0.2) is 5.75 Å². The Labute approximate surface area is 122 Å². The van der Waals surface area contributed by atoms with Gasteiger partial charge in [0, 0.05) is 5.54 Å². The third kappa shape index (κ3) is 2.41. The molecule has 0 saturated heterocycles. The summed E-state index contributed by atoms with van der Waals surface area (Å²) in [4.78, 5) is 25.3. The van der Waals surface area contributed by atoms with E-state index in [4.69, 9.17) is 4.74 Å². The van der Waals surface area contributed by atoms with E-state index >= 15 is 0 Å². The number of nitrogens with one attached hydrogen (secondary N) is 1. The summed E-state index contributed by atoms with van der Waals surface area (Å²) in [6, 6.07) is 4.63. The molecule has 2 aliphatic rings. The van der Waals surface area contributed by atoms with Gasteiger partial charge in [0.2, 0.25) is 0 Å². The van der Waals surface area contributed by atoms with Gasteiger partial charge in [-0.15, -0.1) is 0 Å². The van der Waals surface area contributed by atoms with Gasteiger partial charge >= 0.3 is 12.0 Å². The fourth-order valence-electron chi connectivity index (χ4n) is 2.79. The van der Waals surface area contributed by atoms with E-state index in [1.807, 2.05) is 6.92 Å². The van der Waals surface area contributed by atoms with Crippen LogP contribution in [0.15, 0.2) is 18.2 Å². The minimum absolute atomic E-state index is 0.0832. The molecule has 0 atom stereocenters. The molecule has 1 aliphatic carbocycles. The molecule has 1 aromatic rings. The maximum Gasteiger partial charge on any atom is 0.339 e. The molecular weight excluding hydrogens is 272 g/mol. The van der Waals surface area contributed by atoms with Crippen molar-refractivity contribution in [3.8, 4) is 5.75 Å². The van der Waals surface area contributed by atoms with Crippen molar-refractivity contribution in [3.63, 3.8) is 0 Å². The first kappa shape index (κ1) is 13.7. The van der Waals surface area contributed by atoms with E-state index in [0.29, 0.717) is 18.8 Å². The molecule has 21 heavy (non-hydrogen) atoms. The van der Waals surface area contributed by atoms with E-state index in [-0.39, 0.29) is 22.9 Å². The highest BCUT2D eigenvalue weighted by Gasteiger charge is 2.36. The molecule has 1 fully saturated rings. The van der Waals surface area contributed by atoms with Crippen LogP contribution >= 0.6 is 0 Å². The number of aromatic carboxylic acids is 1. The number of anilines is 1. The van der Waals surface area contributed by atoms with Crippen LogP contribution in [0.3, 0.4) is 0 Å². The summed E-state index contributed by atoms with van der Waals surface area (Å²) < 4.78 is 5.46. The number of benzene rings is 1. The highest BCUT2D eigenvalue weighted by Crippen LogP contribution is 2.36. The van der Waals surface area contributed by atoms with Gasteiger partial charge in [0.1, 0.15) is 12.2 Å².